The summed E-state index contributed by atoms with van der Waals surface area (Å²) in [6, 6.07) is 6.01. The number of sulfonamides is 1. The van der Waals surface area contributed by atoms with Gasteiger partial charge in [-0.3, -0.25) is 14.4 Å². The quantitative estimate of drug-likeness (QED) is 0.421. The number of anilines is 1. The van der Waals surface area contributed by atoms with E-state index in [4.69, 9.17) is 4.74 Å². The van der Waals surface area contributed by atoms with Gasteiger partial charge in [-0.05, 0) is 18.4 Å². The van der Waals surface area contributed by atoms with Crippen LogP contribution >= 0.6 is 11.8 Å². The lowest BCUT2D eigenvalue weighted by atomic mass is 10.2. The Labute approximate surface area is 169 Å². The first kappa shape index (κ1) is 24.8. The van der Waals surface area contributed by atoms with Crippen molar-refractivity contribution in [1.82, 2.24) is 5.32 Å². The summed E-state index contributed by atoms with van der Waals surface area (Å²) in [7, 11) is -5.99. The molecule has 0 saturated carbocycles. The largest absolute Gasteiger partial charge is 0.517 e. The molecule has 0 aliphatic rings. The third-order valence-electron chi connectivity index (χ3n) is 3.26. The third kappa shape index (κ3) is 7.57. The van der Waals surface area contributed by atoms with E-state index in [2.05, 4.69) is 5.32 Å². The first-order valence-electron chi connectivity index (χ1n) is 8.11. The van der Waals surface area contributed by atoms with E-state index in [9.17, 15) is 36.0 Å². The van der Waals surface area contributed by atoms with Crippen LogP contribution in [0.15, 0.2) is 30.3 Å². The maximum atomic E-state index is 12.9. The minimum atomic E-state index is -5.99. The summed E-state index contributed by atoms with van der Waals surface area (Å²) in [4.78, 5) is 35.1. The van der Waals surface area contributed by atoms with Crippen molar-refractivity contribution in [2.45, 2.75) is 18.3 Å². The molecule has 0 aromatic heterocycles. The van der Waals surface area contributed by atoms with Crippen LogP contribution in [0.2, 0.25) is 0 Å². The SMILES string of the molecule is CSCC(=O)NCCOC(=O)CCC(=O)N(c1ccccc1)S(=O)(=O)C(F)(F)F. The molecule has 1 aromatic rings. The standard InChI is InChI=1S/C16H19F3N2O6S2/c1-28-11-13(22)20-9-10-27-15(24)8-7-14(23)21(12-5-3-2-4-6-12)29(25,26)16(17,18)19/h2-6H,7-11H2,1H3,(H,20,22). The van der Waals surface area contributed by atoms with Crippen LogP contribution in [-0.4, -0.2) is 56.9 Å². The van der Waals surface area contributed by atoms with Gasteiger partial charge in [0.2, 0.25) is 11.8 Å². The molecule has 162 valence electrons. The lowest BCUT2D eigenvalue weighted by Gasteiger charge is -2.23. The Balaban J connectivity index is 2.70. The second kappa shape index (κ2) is 11.0. The van der Waals surface area contributed by atoms with Gasteiger partial charge in [0.25, 0.3) is 0 Å². The number of thioether (sulfide) groups is 1. The van der Waals surface area contributed by atoms with Gasteiger partial charge in [-0.1, -0.05) is 18.2 Å². The monoisotopic (exact) mass is 456 g/mol. The van der Waals surface area contributed by atoms with Crippen molar-refractivity contribution >= 4 is 45.3 Å². The molecule has 0 fully saturated rings. The average Bonchev–Trinajstić information content (AvgIpc) is 2.64. The van der Waals surface area contributed by atoms with E-state index in [0.29, 0.717) is 0 Å². The van der Waals surface area contributed by atoms with Crippen molar-refractivity contribution in [1.29, 1.82) is 0 Å². The van der Waals surface area contributed by atoms with E-state index >= 15 is 0 Å². The molecule has 8 nitrogen and oxygen atoms in total. The van der Waals surface area contributed by atoms with Crippen LogP contribution in [0.5, 0.6) is 0 Å². The van der Waals surface area contributed by atoms with Gasteiger partial charge in [0.05, 0.1) is 24.4 Å². The molecule has 0 bridgehead atoms. The average molecular weight is 456 g/mol. The minimum Gasteiger partial charge on any atom is -0.464 e. The number of hydrogen-bond donors (Lipinski definition) is 1. The predicted octanol–water partition coefficient (Wildman–Crippen LogP) is 1.67. The molecule has 2 amide bonds. The molecule has 0 heterocycles. The number of carbonyl (C=O) groups excluding carboxylic acids is 3. The predicted molar refractivity (Wildman–Crippen MR) is 100 cm³/mol. The van der Waals surface area contributed by atoms with Crippen LogP contribution in [0.3, 0.4) is 0 Å². The molecule has 1 rings (SSSR count). The summed E-state index contributed by atoms with van der Waals surface area (Å²) in [5.41, 5.74) is -6.20. The highest BCUT2D eigenvalue weighted by Gasteiger charge is 2.52. The van der Waals surface area contributed by atoms with Crippen LogP contribution in [0.1, 0.15) is 12.8 Å². The first-order chi connectivity index (χ1) is 13.5. The van der Waals surface area contributed by atoms with Gasteiger partial charge in [0.15, 0.2) is 0 Å². The van der Waals surface area contributed by atoms with E-state index in [1.807, 2.05) is 0 Å². The van der Waals surface area contributed by atoms with E-state index in [0.717, 1.165) is 12.1 Å². The Morgan fingerprint density at radius 2 is 1.76 bits per heavy atom. The molecular weight excluding hydrogens is 437 g/mol. The highest BCUT2D eigenvalue weighted by molar-refractivity contribution is 7.99. The molecule has 0 aliphatic heterocycles. The van der Waals surface area contributed by atoms with E-state index in [-0.39, 0.29) is 29.1 Å². The Bertz CT molecular complexity index is 816. The molecule has 1 aromatic carbocycles. The van der Waals surface area contributed by atoms with Crippen molar-refractivity contribution < 1.29 is 40.7 Å². The summed E-state index contributed by atoms with van der Waals surface area (Å²) < 4.78 is 66.8. The number of halogens is 3. The van der Waals surface area contributed by atoms with E-state index in [1.165, 1.54) is 30.0 Å². The highest BCUT2D eigenvalue weighted by Crippen LogP contribution is 2.31. The maximum absolute atomic E-state index is 12.9. The van der Waals surface area contributed by atoms with Crippen LogP contribution in [-0.2, 0) is 29.1 Å². The Morgan fingerprint density at radius 1 is 1.14 bits per heavy atom. The van der Waals surface area contributed by atoms with Gasteiger partial charge in [0, 0.05) is 6.42 Å². The number of para-hydroxylation sites is 1. The molecule has 0 atom stereocenters. The zero-order chi connectivity index (χ0) is 22.1. The molecule has 29 heavy (non-hydrogen) atoms. The number of ether oxygens (including phenoxy) is 1. The molecule has 0 aliphatic carbocycles. The molecular formula is C16H19F3N2O6S2. The number of rotatable bonds is 10. The highest BCUT2D eigenvalue weighted by atomic mass is 32.2. The number of benzene rings is 1. The molecule has 0 radical (unpaired) electrons. The maximum Gasteiger partial charge on any atom is 0.517 e. The normalized spacial score (nSPS) is 11.6. The summed E-state index contributed by atoms with van der Waals surface area (Å²) in [5.74, 6) is -2.39. The number of amides is 2. The summed E-state index contributed by atoms with van der Waals surface area (Å²) in [6.07, 6.45) is 0.282. The second-order valence-corrected chi connectivity index (χ2v) is 8.09. The molecule has 1 N–H and O–H groups in total. The van der Waals surface area contributed by atoms with E-state index < -0.39 is 45.9 Å². The topological polar surface area (TPSA) is 110 Å². The lowest BCUT2D eigenvalue weighted by molar-refractivity contribution is -0.144. The zero-order valence-electron chi connectivity index (χ0n) is 15.3. The Hall–Kier alpha value is -2.28. The number of esters is 1. The fraction of sp³-hybridized carbons (Fsp3) is 0.438. The van der Waals surface area contributed by atoms with Crippen molar-refractivity contribution in [2.24, 2.45) is 0 Å². The fourth-order valence-corrected chi connectivity index (χ4v) is 3.33. The second-order valence-electron chi connectivity index (χ2n) is 5.45. The van der Waals surface area contributed by atoms with Crippen molar-refractivity contribution in [3.8, 4) is 0 Å². The summed E-state index contributed by atoms with van der Waals surface area (Å²) in [6.45, 7) is -0.173. The number of nitrogens with one attached hydrogen (secondary N) is 1. The van der Waals surface area contributed by atoms with Crippen molar-refractivity contribution in [3.05, 3.63) is 30.3 Å². The van der Waals surface area contributed by atoms with Crippen LogP contribution in [0.25, 0.3) is 0 Å². The number of carbonyl (C=O) groups is 3. The Morgan fingerprint density at radius 3 is 2.31 bits per heavy atom. The molecule has 13 heteroatoms. The van der Waals surface area contributed by atoms with Crippen LogP contribution in [0.4, 0.5) is 18.9 Å². The first-order valence-corrected chi connectivity index (χ1v) is 10.9. The van der Waals surface area contributed by atoms with Gasteiger partial charge >= 0.3 is 21.5 Å². The van der Waals surface area contributed by atoms with Gasteiger partial charge in [0.1, 0.15) is 6.61 Å². The third-order valence-corrected chi connectivity index (χ3v) is 5.29. The molecule has 0 saturated heterocycles. The van der Waals surface area contributed by atoms with Gasteiger partial charge in [-0.15, -0.1) is 0 Å². The fourth-order valence-electron chi connectivity index (χ4n) is 2.00. The smallest absolute Gasteiger partial charge is 0.464 e. The number of hydrogen-bond acceptors (Lipinski definition) is 7. The van der Waals surface area contributed by atoms with Gasteiger partial charge in [-0.2, -0.15) is 37.7 Å². The molecule has 0 spiro atoms. The van der Waals surface area contributed by atoms with Crippen molar-refractivity contribution in [2.75, 3.05) is 29.5 Å². The Kier molecular flexibility index (Phi) is 9.43. The van der Waals surface area contributed by atoms with Gasteiger partial charge in [-0.25, -0.2) is 0 Å². The zero-order valence-corrected chi connectivity index (χ0v) is 16.9. The molecule has 0 unspecified atom stereocenters. The lowest BCUT2D eigenvalue weighted by Crippen LogP contribution is -2.44. The summed E-state index contributed by atoms with van der Waals surface area (Å²) in [5, 5.41) is 2.46. The van der Waals surface area contributed by atoms with Crippen molar-refractivity contribution in [3.63, 3.8) is 0 Å². The van der Waals surface area contributed by atoms with Gasteiger partial charge < -0.3 is 10.1 Å². The number of nitrogens with zero attached hydrogens (tertiary/aromatic N) is 1. The van der Waals surface area contributed by atoms with E-state index in [1.54, 1.807) is 6.26 Å². The van der Waals surface area contributed by atoms with Crippen LogP contribution in [0, 0.1) is 0 Å². The summed E-state index contributed by atoms with van der Waals surface area (Å²) >= 11 is 1.30. The van der Waals surface area contributed by atoms with Crippen LogP contribution < -0.4 is 9.62 Å². The number of alkyl halides is 3. The minimum absolute atomic E-state index is 0.0255.